The van der Waals surface area contributed by atoms with Gasteiger partial charge < -0.3 is 10.1 Å². The minimum Gasteiger partial charge on any atom is -0.439 e. The van der Waals surface area contributed by atoms with Gasteiger partial charge in [0, 0.05) is 5.56 Å². The summed E-state index contributed by atoms with van der Waals surface area (Å²) in [7, 11) is 0. The van der Waals surface area contributed by atoms with E-state index >= 15 is 0 Å². The molecule has 0 bridgehead atoms. The van der Waals surface area contributed by atoms with Gasteiger partial charge in [-0.3, -0.25) is 0 Å². The van der Waals surface area contributed by atoms with Crippen LogP contribution >= 0.6 is 0 Å². The van der Waals surface area contributed by atoms with Crippen LogP contribution in [0.15, 0.2) is 18.2 Å². The van der Waals surface area contributed by atoms with Crippen LogP contribution in [-0.4, -0.2) is 12.6 Å². The number of cyclic esters (lactones) is 1. The SMILES string of the molecule is O=C1NCC(c2cc(F)ccc2C(F)(F)F)O1. The van der Waals surface area contributed by atoms with Gasteiger partial charge in [-0.05, 0) is 18.2 Å². The first-order valence-electron chi connectivity index (χ1n) is 4.69. The van der Waals surface area contributed by atoms with Gasteiger partial charge in [-0.1, -0.05) is 0 Å². The van der Waals surface area contributed by atoms with Crippen molar-refractivity contribution in [2.45, 2.75) is 12.3 Å². The van der Waals surface area contributed by atoms with E-state index in [1.807, 2.05) is 0 Å². The highest BCUT2D eigenvalue weighted by atomic mass is 19.4. The normalized spacial score (nSPS) is 20.0. The zero-order valence-corrected chi connectivity index (χ0v) is 8.34. The molecule has 1 fully saturated rings. The second-order valence-electron chi connectivity index (χ2n) is 3.50. The minimum absolute atomic E-state index is 0.106. The van der Waals surface area contributed by atoms with E-state index in [9.17, 15) is 22.4 Å². The second kappa shape index (κ2) is 3.90. The molecule has 1 aliphatic heterocycles. The van der Waals surface area contributed by atoms with E-state index < -0.39 is 29.8 Å². The molecule has 0 radical (unpaired) electrons. The number of hydrogen-bond acceptors (Lipinski definition) is 2. The molecule has 0 spiro atoms. The highest BCUT2D eigenvalue weighted by Gasteiger charge is 2.38. The Bertz CT molecular complexity index is 458. The van der Waals surface area contributed by atoms with Gasteiger partial charge in [-0.25, -0.2) is 9.18 Å². The summed E-state index contributed by atoms with van der Waals surface area (Å²) >= 11 is 0. The number of alkyl carbamates (subject to hydrolysis) is 1. The first-order chi connectivity index (χ1) is 7.88. The Labute approximate surface area is 93.4 Å². The summed E-state index contributed by atoms with van der Waals surface area (Å²) in [6, 6.07) is 2.08. The zero-order valence-electron chi connectivity index (χ0n) is 8.34. The third kappa shape index (κ3) is 2.32. The third-order valence-electron chi connectivity index (χ3n) is 2.35. The highest BCUT2D eigenvalue weighted by molar-refractivity contribution is 5.69. The van der Waals surface area contributed by atoms with Crippen molar-refractivity contribution >= 4 is 6.09 Å². The van der Waals surface area contributed by atoms with E-state index in [0.717, 1.165) is 12.1 Å². The van der Waals surface area contributed by atoms with Crippen molar-refractivity contribution in [1.29, 1.82) is 0 Å². The predicted octanol–water partition coefficient (Wildman–Crippen LogP) is 2.63. The van der Waals surface area contributed by atoms with E-state index in [2.05, 4.69) is 10.1 Å². The molecule has 17 heavy (non-hydrogen) atoms. The number of hydrogen-bond donors (Lipinski definition) is 1. The Morgan fingerprint density at radius 3 is 2.59 bits per heavy atom. The van der Waals surface area contributed by atoms with Crippen LogP contribution < -0.4 is 5.32 Å². The Morgan fingerprint density at radius 1 is 1.35 bits per heavy atom. The number of carbonyl (C=O) groups excluding carboxylic acids is 1. The Hall–Kier alpha value is -1.79. The van der Waals surface area contributed by atoms with Crippen LogP contribution in [0.5, 0.6) is 0 Å². The lowest BCUT2D eigenvalue weighted by atomic mass is 10.0. The summed E-state index contributed by atoms with van der Waals surface area (Å²) < 4.78 is 55.5. The molecule has 0 saturated carbocycles. The van der Waals surface area contributed by atoms with E-state index in [0.29, 0.717) is 6.07 Å². The lowest BCUT2D eigenvalue weighted by Gasteiger charge is -2.16. The van der Waals surface area contributed by atoms with Crippen LogP contribution in [0.2, 0.25) is 0 Å². The van der Waals surface area contributed by atoms with E-state index in [-0.39, 0.29) is 12.1 Å². The molecule has 1 N–H and O–H groups in total. The molecule has 7 heteroatoms. The summed E-state index contributed by atoms with van der Waals surface area (Å²) in [5, 5.41) is 2.22. The molecule has 2 rings (SSSR count). The monoisotopic (exact) mass is 249 g/mol. The quantitative estimate of drug-likeness (QED) is 0.777. The molecule has 1 heterocycles. The molecule has 0 aromatic heterocycles. The fourth-order valence-electron chi connectivity index (χ4n) is 1.62. The van der Waals surface area contributed by atoms with Gasteiger partial charge in [-0.15, -0.1) is 0 Å². The number of halogens is 4. The molecule has 92 valence electrons. The molecule has 1 unspecified atom stereocenters. The van der Waals surface area contributed by atoms with Crippen molar-refractivity contribution < 1.29 is 27.1 Å². The summed E-state index contributed by atoms with van der Waals surface area (Å²) in [5.41, 5.74) is -1.38. The molecular weight excluding hydrogens is 242 g/mol. The van der Waals surface area contributed by atoms with Crippen LogP contribution in [0.3, 0.4) is 0 Å². The van der Waals surface area contributed by atoms with Crippen LogP contribution in [0.4, 0.5) is 22.4 Å². The van der Waals surface area contributed by atoms with Crippen molar-refractivity contribution in [2.75, 3.05) is 6.54 Å². The van der Waals surface area contributed by atoms with Crippen molar-refractivity contribution in [3.8, 4) is 0 Å². The van der Waals surface area contributed by atoms with Crippen LogP contribution in [0.25, 0.3) is 0 Å². The fraction of sp³-hybridized carbons (Fsp3) is 0.300. The van der Waals surface area contributed by atoms with E-state index in [4.69, 9.17) is 0 Å². The summed E-state index contributed by atoms with van der Waals surface area (Å²) in [5.74, 6) is -0.809. The number of nitrogens with one attached hydrogen (secondary N) is 1. The number of amides is 1. The lowest BCUT2D eigenvalue weighted by molar-refractivity contribution is -0.139. The topological polar surface area (TPSA) is 38.3 Å². The Balaban J connectivity index is 2.44. The van der Waals surface area contributed by atoms with Gasteiger partial charge >= 0.3 is 12.3 Å². The fourth-order valence-corrected chi connectivity index (χ4v) is 1.62. The van der Waals surface area contributed by atoms with Crippen molar-refractivity contribution in [3.05, 3.63) is 35.1 Å². The highest BCUT2D eigenvalue weighted by Crippen LogP contribution is 2.36. The van der Waals surface area contributed by atoms with Crippen LogP contribution in [-0.2, 0) is 10.9 Å². The molecule has 1 atom stereocenters. The van der Waals surface area contributed by atoms with E-state index in [1.165, 1.54) is 0 Å². The number of benzene rings is 1. The van der Waals surface area contributed by atoms with Crippen molar-refractivity contribution in [3.63, 3.8) is 0 Å². The van der Waals surface area contributed by atoms with Gasteiger partial charge in [0.2, 0.25) is 0 Å². The summed E-state index contributed by atoms with van der Waals surface area (Å²) in [4.78, 5) is 10.8. The van der Waals surface area contributed by atoms with Gasteiger partial charge in [0.15, 0.2) is 0 Å². The van der Waals surface area contributed by atoms with Gasteiger partial charge in [0.25, 0.3) is 0 Å². The minimum atomic E-state index is -4.61. The van der Waals surface area contributed by atoms with Crippen LogP contribution in [0, 0.1) is 5.82 Å². The third-order valence-corrected chi connectivity index (χ3v) is 2.35. The van der Waals surface area contributed by atoms with E-state index in [1.54, 1.807) is 0 Å². The average Bonchev–Trinajstić information content (AvgIpc) is 2.62. The largest absolute Gasteiger partial charge is 0.439 e. The number of carbonyl (C=O) groups is 1. The predicted molar refractivity (Wildman–Crippen MR) is 48.6 cm³/mol. The van der Waals surface area contributed by atoms with Gasteiger partial charge in [0.1, 0.15) is 11.9 Å². The number of rotatable bonds is 1. The van der Waals surface area contributed by atoms with Gasteiger partial charge in [0.05, 0.1) is 12.1 Å². The molecular formula is C10H7F4NO2. The molecule has 3 nitrogen and oxygen atoms in total. The molecule has 1 amide bonds. The zero-order chi connectivity index (χ0) is 12.6. The lowest BCUT2D eigenvalue weighted by Crippen LogP contribution is -2.15. The second-order valence-corrected chi connectivity index (χ2v) is 3.50. The molecule has 0 aliphatic carbocycles. The maximum absolute atomic E-state index is 13.0. The Kier molecular flexibility index (Phi) is 2.68. The standard InChI is InChI=1S/C10H7F4NO2/c11-5-1-2-7(10(12,13)14)6(3-5)8-4-15-9(16)17-8/h1-3,8H,4H2,(H,15,16). The number of ether oxygens (including phenoxy) is 1. The molecule has 1 saturated heterocycles. The summed E-state index contributed by atoms with van der Waals surface area (Å²) in [6.45, 7) is -0.106. The van der Waals surface area contributed by atoms with Crippen molar-refractivity contribution in [1.82, 2.24) is 5.32 Å². The molecule has 1 aliphatic rings. The molecule has 1 aromatic carbocycles. The maximum Gasteiger partial charge on any atom is 0.416 e. The summed E-state index contributed by atoms with van der Waals surface area (Å²) in [6.07, 6.45) is -6.54. The molecule has 1 aromatic rings. The number of alkyl halides is 3. The van der Waals surface area contributed by atoms with Crippen molar-refractivity contribution in [2.24, 2.45) is 0 Å². The smallest absolute Gasteiger partial charge is 0.416 e. The first-order valence-corrected chi connectivity index (χ1v) is 4.69. The van der Waals surface area contributed by atoms with Crippen LogP contribution in [0.1, 0.15) is 17.2 Å². The Morgan fingerprint density at radius 2 is 2.06 bits per heavy atom. The van der Waals surface area contributed by atoms with Gasteiger partial charge in [-0.2, -0.15) is 13.2 Å². The maximum atomic E-state index is 13.0. The first kappa shape index (κ1) is 11.7. The average molecular weight is 249 g/mol.